The van der Waals surface area contributed by atoms with E-state index in [1.807, 2.05) is 73.4 Å². The summed E-state index contributed by atoms with van der Waals surface area (Å²) in [5.41, 5.74) is 3.93. The molecule has 124 valence electrons. The minimum absolute atomic E-state index is 0.931. The van der Waals surface area contributed by atoms with E-state index in [1.54, 1.807) is 0 Å². The van der Waals surface area contributed by atoms with Crippen molar-refractivity contribution in [3.05, 3.63) is 103 Å². The molecule has 0 unspecified atom stereocenters. The van der Waals surface area contributed by atoms with Crippen LogP contribution in [0.2, 0.25) is 0 Å². The first-order valence-electron chi connectivity index (χ1n) is 8.64. The van der Waals surface area contributed by atoms with E-state index in [0.717, 1.165) is 28.1 Å². The summed E-state index contributed by atoms with van der Waals surface area (Å²) in [4.78, 5) is 14.1. The van der Waals surface area contributed by atoms with Crippen LogP contribution in [0.5, 0.6) is 0 Å². The maximum absolute atomic E-state index is 4.74. The molecule has 0 fully saturated rings. The monoisotopic (exact) mass is 337 g/mol. The van der Waals surface area contributed by atoms with Crippen molar-refractivity contribution in [3.8, 4) is 0 Å². The number of pyridine rings is 3. The van der Waals surface area contributed by atoms with E-state index in [1.165, 1.54) is 0 Å². The van der Waals surface area contributed by atoms with E-state index in [0.29, 0.717) is 0 Å². The Labute approximate surface area is 151 Å². The Morgan fingerprint density at radius 2 is 1.31 bits per heavy atom. The maximum atomic E-state index is 4.74. The van der Waals surface area contributed by atoms with Gasteiger partial charge in [-0.2, -0.15) is 0 Å². The molecule has 0 radical (unpaired) electrons. The summed E-state index contributed by atoms with van der Waals surface area (Å²) in [5, 5.41) is 0. The SMILES string of the molecule is C1=C(c2ccccn2)[B-](c2ccccn2)(c2ccccn2)[o+]2cccc21. The van der Waals surface area contributed by atoms with Crippen molar-refractivity contribution in [3.63, 3.8) is 0 Å². The van der Waals surface area contributed by atoms with Gasteiger partial charge in [0.2, 0.25) is 0 Å². The van der Waals surface area contributed by atoms with Crippen molar-refractivity contribution < 1.29 is 3.96 Å². The van der Waals surface area contributed by atoms with Gasteiger partial charge in [-0.25, -0.2) is 0 Å². The summed E-state index contributed by atoms with van der Waals surface area (Å²) in [6, 6.07) is 22.2. The van der Waals surface area contributed by atoms with Gasteiger partial charge in [0.15, 0.2) is 12.0 Å². The molecule has 5 heterocycles. The van der Waals surface area contributed by atoms with Gasteiger partial charge in [0.1, 0.15) is 0 Å². The van der Waals surface area contributed by atoms with Crippen LogP contribution >= 0.6 is 0 Å². The highest BCUT2D eigenvalue weighted by Crippen LogP contribution is 2.40. The third-order valence-electron chi connectivity index (χ3n) is 5.04. The molecular weight excluding hydrogens is 321 g/mol. The Hall–Kier alpha value is -3.47. The molecule has 0 amide bonds. The highest BCUT2D eigenvalue weighted by molar-refractivity contribution is 7.11. The van der Waals surface area contributed by atoms with Gasteiger partial charge in [-0.1, -0.05) is 35.8 Å². The third-order valence-corrected chi connectivity index (χ3v) is 5.04. The molecule has 4 aromatic heterocycles. The molecule has 0 saturated heterocycles. The number of hydrogen-bond acceptors (Lipinski definition) is 3. The molecule has 0 bridgehead atoms. The van der Waals surface area contributed by atoms with Crippen molar-refractivity contribution in [1.29, 1.82) is 0 Å². The van der Waals surface area contributed by atoms with Crippen molar-refractivity contribution in [2.45, 2.75) is 0 Å². The third kappa shape index (κ3) is 2.00. The van der Waals surface area contributed by atoms with Crippen LogP contribution < -0.4 is 11.2 Å². The van der Waals surface area contributed by atoms with Gasteiger partial charge in [0.25, 0.3) is 0 Å². The van der Waals surface area contributed by atoms with Crippen LogP contribution in [0.15, 0.2) is 95.5 Å². The molecule has 0 saturated carbocycles. The first-order valence-corrected chi connectivity index (χ1v) is 8.64. The minimum Gasteiger partial charge on any atom is -0.776 e. The summed E-state index contributed by atoms with van der Waals surface area (Å²) in [6.45, 7) is 0. The van der Waals surface area contributed by atoms with E-state index in [2.05, 4.69) is 33.2 Å². The average molecular weight is 337 g/mol. The van der Waals surface area contributed by atoms with Crippen molar-refractivity contribution >= 4 is 29.1 Å². The Bertz CT molecular complexity index is 1040. The molecule has 0 aliphatic carbocycles. The topological polar surface area (TPSA) is 41.4 Å². The van der Waals surface area contributed by atoms with Crippen LogP contribution in [-0.2, 0) is 0 Å². The van der Waals surface area contributed by atoms with E-state index in [9.17, 15) is 0 Å². The van der Waals surface area contributed by atoms with Crippen LogP contribution in [0.3, 0.4) is 0 Å². The van der Waals surface area contributed by atoms with E-state index >= 15 is 0 Å². The molecule has 0 N–H and O–H groups in total. The number of fused-ring (bicyclic) bond motifs is 1. The fourth-order valence-electron chi connectivity index (χ4n) is 4.00. The summed E-state index contributed by atoms with van der Waals surface area (Å²) >= 11 is 0. The van der Waals surface area contributed by atoms with E-state index in [4.69, 9.17) is 9.97 Å². The lowest BCUT2D eigenvalue weighted by atomic mass is 9.30. The molecule has 4 nitrogen and oxygen atoms in total. The summed E-state index contributed by atoms with van der Waals surface area (Å²) in [7, 11) is 0. The van der Waals surface area contributed by atoms with Gasteiger partial charge in [0, 0.05) is 42.5 Å². The minimum atomic E-state index is -1.62. The van der Waals surface area contributed by atoms with Gasteiger partial charge in [-0.3, -0.25) is 15.0 Å². The largest absolute Gasteiger partial charge is 0.776 e. The lowest BCUT2D eigenvalue weighted by Crippen LogP contribution is -2.61. The van der Waals surface area contributed by atoms with Crippen LogP contribution in [0.4, 0.5) is 0 Å². The lowest BCUT2D eigenvalue weighted by molar-refractivity contribution is 0.376. The molecule has 0 atom stereocenters. The smallest absolute Gasteiger partial charge is 0.456 e. The second-order valence-electron chi connectivity index (χ2n) is 6.38. The predicted molar refractivity (Wildman–Crippen MR) is 104 cm³/mol. The van der Waals surface area contributed by atoms with Gasteiger partial charge in [-0.15, -0.1) is 0 Å². The molecule has 5 heteroatoms. The molecule has 0 spiro atoms. The van der Waals surface area contributed by atoms with Gasteiger partial charge >= 0.3 is 6.35 Å². The Morgan fingerprint density at radius 1 is 0.654 bits per heavy atom. The molecule has 26 heavy (non-hydrogen) atoms. The fraction of sp³-hybridized carbons (Fsp3) is 0. The zero-order valence-electron chi connectivity index (χ0n) is 14.1. The van der Waals surface area contributed by atoms with E-state index < -0.39 is 6.35 Å². The van der Waals surface area contributed by atoms with Crippen molar-refractivity contribution in [2.24, 2.45) is 0 Å². The molecule has 4 aromatic rings. The van der Waals surface area contributed by atoms with Gasteiger partial charge < -0.3 is 3.96 Å². The molecule has 5 rings (SSSR count). The van der Waals surface area contributed by atoms with Crippen LogP contribution in [0.1, 0.15) is 11.5 Å². The normalized spacial score (nSPS) is 14.7. The highest BCUT2D eigenvalue weighted by atomic mass is 16.5. The number of rotatable bonds is 3. The second-order valence-corrected chi connectivity index (χ2v) is 6.38. The quantitative estimate of drug-likeness (QED) is 0.426. The predicted octanol–water partition coefficient (Wildman–Crippen LogP) is 2.85. The first-order chi connectivity index (χ1) is 12.9. The molecular formula is C21H16BN3O. The molecule has 1 aliphatic rings. The second kappa shape index (κ2) is 5.81. The standard InChI is InChI=1S/C21H16BN3O/c1-4-12-23-19(9-1)18-16-17-8-7-15-26(17)22(18,20-10-2-5-13-24-20)21-11-3-6-14-25-21/h1-16H. The highest BCUT2D eigenvalue weighted by Gasteiger charge is 2.52. The lowest BCUT2D eigenvalue weighted by Gasteiger charge is -2.36. The summed E-state index contributed by atoms with van der Waals surface area (Å²) in [5.74, 6) is 1.06. The Balaban J connectivity index is 1.89. The fourth-order valence-corrected chi connectivity index (χ4v) is 4.00. The number of nitrogens with zero attached hydrogens (tertiary/aromatic N) is 3. The number of aromatic nitrogens is 3. The zero-order chi connectivity index (χ0) is 17.4. The van der Waals surface area contributed by atoms with Gasteiger partial charge in [0.05, 0.1) is 0 Å². The number of furan rings is 1. The van der Waals surface area contributed by atoms with Crippen molar-refractivity contribution in [1.82, 2.24) is 15.0 Å². The van der Waals surface area contributed by atoms with Gasteiger partial charge in [-0.05, 0) is 35.5 Å². The Morgan fingerprint density at radius 3 is 1.88 bits per heavy atom. The average Bonchev–Trinajstić information content (AvgIpc) is 3.30. The zero-order valence-corrected chi connectivity index (χ0v) is 14.1. The van der Waals surface area contributed by atoms with Crippen LogP contribution in [-0.4, -0.2) is 21.3 Å². The summed E-state index contributed by atoms with van der Waals surface area (Å²) < 4.78 is 3.33. The Kier molecular flexibility index (Phi) is 3.32. The maximum Gasteiger partial charge on any atom is 0.456 e. The van der Waals surface area contributed by atoms with Crippen LogP contribution in [0, 0.1) is 0 Å². The van der Waals surface area contributed by atoms with E-state index in [-0.39, 0.29) is 0 Å². The molecule has 0 aromatic carbocycles. The van der Waals surface area contributed by atoms with Crippen LogP contribution in [0.25, 0.3) is 11.5 Å². The number of hydrogen-bond donors (Lipinski definition) is 0. The van der Waals surface area contributed by atoms with Crippen molar-refractivity contribution in [2.75, 3.05) is 0 Å². The molecule has 1 aliphatic heterocycles. The summed E-state index contributed by atoms with van der Waals surface area (Å²) in [6.07, 6.45) is 8.08. The first kappa shape index (κ1) is 14.8.